The molecule has 1 fully saturated rings. The lowest BCUT2D eigenvalue weighted by atomic mass is 9.94. The third kappa shape index (κ3) is 4.13. The van der Waals surface area contributed by atoms with E-state index in [0.717, 1.165) is 30.5 Å². The molecule has 0 amide bonds. The van der Waals surface area contributed by atoms with E-state index in [1.165, 1.54) is 43.6 Å². The van der Waals surface area contributed by atoms with E-state index in [-0.39, 0.29) is 0 Å². The van der Waals surface area contributed by atoms with Crippen molar-refractivity contribution in [2.24, 2.45) is 5.92 Å². The second-order valence-electron chi connectivity index (χ2n) is 5.81. The molecule has 2 nitrogen and oxygen atoms in total. The first kappa shape index (κ1) is 15.7. The predicted molar refractivity (Wildman–Crippen MR) is 88.7 cm³/mol. The van der Waals surface area contributed by atoms with Gasteiger partial charge in [0.25, 0.3) is 0 Å². The number of anilines is 1. The molecule has 1 heterocycles. The van der Waals surface area contributed by atoms with Gasteiger partial charge in [0.1, 0.15) is 0 Å². The van der Waals surface area contributed by atoms with Crippen LogP contribution in [-0.4, -0.2) is 19.6 Å². The van der Waals surface area contributed by atoms with Crippen molar-refractivity contribution in [3.63, 3.8) is 0 Å². The Hall–Kier alpha value is -0.730. The molecule has 1 unspecified atom stereocenters. The molecule has 20 heavy (non-hydrogen) atoms. The zero-order valence-electron chi connectivity index (χ0n) is 12.8. The lowest BCUT2D eigenvalue weighted by Gasteiger charge is -2.35. The Morgan fingerprint density at radius 2 is 2.20 bits per heavy atom. The van der Waals surface area contributed by atoms with Gasteiger partial charge in [0.15, 0.2) is 0 Å². The summed E-state index contributed by atoms with van der Waals surface area (Å²) in [5.41, 5.74) is 2.71. The van der Waals surface area contributed by atoms with Gasteiger partial charge in [-0.15, -0.1) is 0 Å². The lowest BCUT2D eigenvalue weighted by Crippen LogP contribution is -2.36. The molecule has 0 aliphatic carbocycles. The van der Waals surface area contributed by atoms with E-state index in [9.17, 15) is 0 Å². The van der Waals surface area contributed by atoms with Crippen LogP contribution in [0.5, 0.6) is 0 Å². The minimum Gasteiger partial charge on any atom is -0.371 e. The second kappa shape index (κ2) is 7.90. The summed E-state index contributed by atoms with van der Waals surface area (Å²) >= 11 is 6.18. The number of benzene rings is 1. The molecule has 1 aromatic carbocycles. The van der Waals surface area contributed by atoms with Gasteiger partial charge in [0.2, 0.25) is 0 Å². The fraction of sp³-hybridized carbons (Fsp3) is 0.647. The molecule has 3 heteroatoms. The molecular weight excluding hydrogens is 268 g/mol. The van der Waals surface area contributed by atoms with E-state index in [2.05, 4.69) is 36.2 Å². The summed E-state index contributed by atoms with van der Waals surface area (Å²) in [7, 11) is 0. The molecule has 1 aromatic rings. The Kier molecular flexibility index (Phi) is 6.18. The van der Waals surface area contributed by atoms with Crippen LogP contribution < -0.4 is 10.2 Å². The summed E-state index contributed by atoms with van der Waals surface area (Å²) in [6.07, 6.45) is 5.14. The smallest absolute Gasteiger partial charge is 0.0412 e. The highest BCUT2D eigenvalue weighted by Crippen LogP contribution is 2.29. The first-order valence-corrected chi connectivity index (χ1v) is 8.36. The van der Waals surface area contributed by atoms with E-state index >= 15 is 0 Å². The summed E-state index contributed by atoms with van der Waals surface area (Å²) < 4.78 is 0. The van der Waals surface area contributed by atoms with Gasteiger partial charge in [0.05, 0.1) is 0 Å². The summed E-state index contributed by atoms with van der Waals surface area (Å²) in [5, 5.41) is 4.34. The monoisotopic (exact) mass is 294 g/mol. The van der Waals surface area contributed by atoms with Gasteiger partial charge in [0, 0.05) is 30.3 Å². The van der Waals surface area contributed by atoms with Crippen LogP contribution in [0.3, 0.4) is 0 Å². The summed E-state index contributed by atoms with van der Waals surface area (Å²) in [4.78, 5) is 2.55. The molecule has 1 atom stereocenters. The Balaban J connectivity index is 2.12. The number of halogens is 1. The zero-order chi connectivity index (χ0) is 14.4. The third-order valence-electron chi connectivity index (χ3n) is 4.22. The van der Waals surface area contributed by atoms with Crippen LogP contribution in [0, 0.1) is 5.92 Å². The zero-order valence-corrected chi connectivity index (χ0v) is 13.5. The topological polar surface area (TPSA) is 15.3 Å². The highest BCUT2D eigenvalue weighted by molar-refractivity contribution is 6.30. The number of hydrogen-bond acceptors (Lipinski definition) is 2. The third-order valence-corrected chi connectivity index (χ3v) is 4.46. The van der Waals surface area contributed by atoms with Gasteiger partial charge in [-0.3, -0.25) is 0 Å². The van der Waals surface area contributed by atoms with Crippen molar-refractivity contribution in [3.8, 4) is 0 Å². The first-order chi connectivity index (χ1) is 9.74. The van der Waals surface area contributed by atoms with Crippen LogP contribution in [-0.2, 0) is 6.54 Å². The summed E-state index contributed by atoms with van der Waals surface area (Å²) in [6, 6.07) is 6.34. The summed E-state index contributed by atoms with van der Waals surface area (Å²) in [6.45, 7) is 8.85. The van der Waals surface area contributed by atoms with E-state index in [0.29, 0.717) is 0 Å². The second-order valence-corrected chi connectivity index (χ2v) is 6.25. The molecule has 1 N–H and O–H groups in total. The molecule has 0 radical (unpaired) electrons. The van der Waals surface area contributed by atoms with Crippen molar-refractivity contribution < 1.29 is 0 Å². The minimum atomic E-state index is 0.839. The first-order valence-electron chi connectivity index (χ1n) is 7.98. The van der Waals surface area contributed by atoms with Crippen LogP contribution in [0.1, 0.15) is 45.1 Å². The van der Waals surface area contributed by atoms with Crippen molar-refractivity contribution >= 4 is 17.3 Å². The summed E-state index contributed by atoms with van der Waals surface area (Å²) in [5.74, 6) is 0.843. The van der Waals surface area contributed by atoms with Crippen LogP contribution >= 0.6 is 11.6 Å². The minimum absolute atomic E-state index is 0.839. The Morgan fingerprint density at radius 3 is 2.95 bits per heavy atom. The van der Waals surface area contributed by atoms with Crippen LogP contribution in [0.2, 0.25) is 5.02 Å². The van der Waals surface area contributed by atoms with Crippen molar-refractivity contribution in [1.82, 2.24) is 5.32 Å². The maximum atomic E-state index is 6.18. The molecule has 0 bridgehead atoms. The SMILES string of the molecule is CCCNCc1cc(Cl)ccc1N1CCCC(CC)C1. The standard InChI is InChI=1S/C17H27ClN2/c1-3-9-19-12-15-11-16(18)7-8-17(15)20-10-5-6-14(4-2)13-20/h7-8,11,14,19H,3-6,9-10,12-13H2,1-2H3. The normalized spacial score (nSPS) is 19.4. The quantitative estimate of drug-likeness (QED) is 0.779. The van der Waals surface area contributed by atoms with Crippen molar-refractivity contribution in [1.29, 1.82) is 0 Å². The maximum Gasteiger partial charge on any atom is 0.0412 e. The van der Waals surface area contributed by atoms with E-state index in [1.54, 1.807) is 0 Å². The molecular formula is C17H27ClN2. The van der Waals surface area contributed by atoms with E-state index in [4.69, 9.17) is 11.6 Å². The van der Waals surface area contributed by atoms with Crippen LogP contribution in [0.15, 0.2) is 18.2 Å². The predicted octanol–water partition coefficient (Wildman–Crippen LogP) is 4.47. The molecule has 0 saturated carbocycles. The molecule has 2 rings (SSSR count). The lowest BCUT2D eigenvalue weighted by molar-refractivity contribution is 0.404. The van der Waals surface area contributed by atoms with Gasteiger partial charge in [-0.1, -0.05) is 31.9 Å². The number of nitrogens with one attached hydrogen (secondary N) is 1. The average Bonchev–Trinajstić information content (AvgIpc) is 2.48. The van der Waals surface area contributed by atoms with Gasteiger partial charge >= 0.3 is 0 Å². The van der Waals surface area contributed by atoms with E-state index < -0.39 is 0 Å². The number of hydrogen-bond donors (Lipinski definition) is 1. The number of rotatable bonds is 6. The molecule has 1 aliphatic rings. The Morgan fingerprint density at radius 1 is 1.35 bits per heavy atom. The molecule has 112 valence electrons. The molecule has 0 spiro atoms. The van der Waals surface area contributed by atoms with Crippen molar-refractivity contribution in [2.75, 3.05) is 24.5 Å². The van der Waals surface area contributed by atoms with Crippen LogP contribution in [0.4, 0.5) is 5.69 Å². The fourth-order valence-electron chi connectivity index (χ4n) is 3.02. The fourth-order valence-corrected chi connectivity index (χ4v) is 3.22. The number of piperidine rings is 1. The van der Waals surface area contributed by atoms with Crippen LogP contribution in [0.25, 0.3) is 0 Å². The Bertz CT molecular complexity index is 419. The Labute approximate surface area is 128 Å². The maximum absolute atomic E-state index is 6.18. The van der Waals surface area contributed by atoms with Crippen molar-refractivity contribution in [2.45, 2.75) is 46.1 Å². The van der Waals surface area contributed by atoms with E-state index in [1.807, 2.05) is 6.07 Å². The highest BCUT2D eigenvalue weighted by Gasteiger charge is 2.20. The average molecular weight is 295 g/mol. The molecule has 1 aliphatic heterocycles. The number of nitrogens with zero attached hydrogens (tertiary/aromatic N) is 1. The van der Waals surface area contributed by atoms with Gasteiger partial charge in [-0.25, -0.2) is 0 Å². The van der Waals surface area contributed by atoms with Crippen molar-refractivity contribution in [3.05, 3.63) is 28.8 Å². The van der Waals surface area contributed by atoms with Gasteiger partial charge in [-0.05, 0) is 55.5 Å². The van der Waals surface area contributed by atoms with Gasteiger partial charge < -0.3 is 10.2 Å². The molecule has 1 saturated heterocycles. The largest absolute Gasteiger partial charge is 0.371 e. The van der Waals surface area contributed by atoms with Gasteiger partial charge in [-0.2, -0.15) is 0 Å². The highest BCUT2D eigenvalue weighted by atomic mass is 35.5. The molecule has 0 aromatic heterocycles.